The minimum atomic E-state index is 0.599. The van der Waals surface area contributed by atoms with Crippen LogP contribution in [0.15, 0.2) is 0 Å². The van der Waals surface area contributed by atoms with Gasteiger partial charge >= 0.3 is 0 Å². The van der Waals surface area contributed by atoms with Crippen LogP contribution in [0.2, 0.25) is 5.15 Å². The molecule has 0 radical (unpaired) electrons. The minimum Gasteiger partial charge on any atom is -0.383 e. The number of halogens is 1. The molecule has 0 saturated carbocycles. The second-order valence-electron chi connectivity index (χ2n) is 5.03. The van der Waals surface area contributed by atoms with Crippen molar-refractivity contribution in [2.24, 2.45) is 13.0 Å². The van der Waals surface area contributed by atoms with Crippen LogP contribution >= 0.6 is 11.6 Å². The Labute approximate surface area is 121 Å². The maximum atomic E-state index is 6.30. The molecule has 0 aliphatic carbocycles. The SMILES string of the molecule is CCCC(CNCCOC)Cc1c(C)nn(C)c1Cl. The van der Waals surface area contributed by atoms with Gasteiger partial charge in [-0.25, -0.2) is 0 Å². The van der Waals surface area contributed by atoms with Crippen molar-refractivity contribution >= 4 is 11.6 Å². The quantitative estimate of drug-likeness (QED) is 0.710. The zero-order valence-corrected chi connectivity index (χ0v) is 13.3. The summed E-state index contributed by atoms with van der Waals surface area (Å²) in [7, 11) is 3.62. The number of aromatic nitrogens is 2. The fraction of sp³-hybridized carbons (Fsp3) is 0.786. The van der Waals surface area contributed by atoms with Crippen molar-refractivity contribution in [2.75, 3.05) is 26.8 Å². The fourth-order valence-corrected chi connectivity index (χ4v) is 2.61. The molecular weight excluding hydrogens is 262 g/mol. The Balaban J connectivity index is 2.56. The van der Waals surface area contributed by atoms with E-state index in [4.69, 9.17) is 16.3 Å². The average molecular weight is 288 g/mol. The molecule has 1 heterocycles. The lowest BCUT2D eigenvalue weighted by molar-refractivity contribution is 0.197. The van der Waals surface area contributed by atoms with E-state index >= 15 is 0 Å². The van der Waals surface area contributed by atoms with Gasteiger partial charge < -0.3 is 10.1 Å². The lowest BCUT2D eigenvalue weighted by Gasteiger charge is -2.17. The summed E-state index contributed by atoms with van der Waals surface area (Å²) in [5.74, 6) is 0.599. The molecule has 0 aliphatic rings. The molecule has 110 valence electrons. The van der Waals surface area contributed by atoms with E-state index in [-0.39, 0.29) is 0 Å². The third kappa shape index (κ3) is 5.13. The van der Waals surface area contributed by atoms with Crippen molar-refractivity contribution in [3.8, 4) is 0 Å². The molecule has 0 amide bonds. The predicted molar refractivity (Wildman–Crippen MR) is 79.8 cm³/mol. The maximum Gasteiger partial charge on any atom is 0.130 e. The van der Waals surface area contributed by atoms with Gasteiger partial charge in [0.2, 0.25) is 0 Å². The standard InChI is InChI=1S/C14H26ClN3O/c1-5-6-12(10-16-7-8-19-4)9-13-11(2)17-18(3)14(13)15/h12,16H,5-10H2,1-4H3. The summed E-state index contributed by atoms with van der Waals surface area (Å²) in [4.78, 5) is 0. The Hall–Kier alpha value is -0.580. The minimum absolute atomic E-state index is 0.599. The Morgan fingerprint density at radius 2 is 2.21 bits per heavy atom. The van der Waals surface area contributed by atoms with Crippen LogP contribution in [-0.4, -0.2) is 36.6 Å². The normalized spacial score (nSPS) is 12.9. The van der Waals surface area contributed by atoms with E-state index in [0.717, 1.165) is 37.0 Å². The number of hydrogen-bond acceptors (Lipinski definition) is 3. The van der Waals surface area contributed by atoms with Gasteiger partial charge in [-0.3, -0.25) is 4.68 Å². The van der Waals surface area contributed by atoms with Crippen LogP contribution in [0, 0.1) is 12.8 Å². The summed E-state index contributed by atoms with van der Waals surface area (Å²) in [6, 6.07) is 0. The first kappa shape index (κ1) is 16.5. The maximum absolute atomic E-state index is 6.30. The third-order valence-corrected chi connectivity index (χ3v) is 3.85. The number of hydrogen-bond donors (Lipinski definition) is 1. The average Bonchev–Trinajstić information content (AvgIpc) is 2.61. The molecule has 1 N–H and O–H groups in total. The van der Waals surface area contributed by atoms with Gasteiger partial charge in [0.1, 0.15) is 5.15 Å². The molecule has 0 spiro atoms. The van der Waals surface area contributed by atoms with Gasteiger partial charge in [-0.1, -0.05) is 24.9 Å². The predicted octanol–water partition coefficient (Wildman–Crippen LogP) is 2.58. The molecule has 19 heavy (non-hydrogen) atoms. The Kier molecular flexibility index (Phi) is 7.42. The van der Waals surface area contributed by atoms with Crippen LogP contribution in [0.25, 0.3) is 0 Å². The van der Waals surface area contributed by atoms with Crippen molar-refractivity contribution in [3.63, 3.8) is 0 Å². The molecule has 1 atom stereocenters. The van der Waals surface area contributed by atoms with Crippen LogP contribution in [0.4, 0.5) is 0 Å². The van der Waals surface area contributed by atoms with Crippen molar-refractivity contribution in [1.29, 1.82) is 0 Å². The number of ether oxygens (including phenoxy) is 1. The first-order chi connectivity index (χ1) is 9.10. The highest BCUT2D eigenvalue weighted by Crippen LogP contribution is 2.23. The molecule has 1 aromatic heterocycles. The lowest BCUT2D eigenvalue weighted by atomic mass is 9.95. The summed E-state index contributed by atoms with van der Waals surface area (Å²) in [5.41, 5.74) is 2.24. The van der Waals surface area contributed by atoms with Crippen LogP contribution in [-0.2, 0) is 18.2 Å². The summed E-state index contributed by atoms with van der Waals surface area (Å²) in [6.07, 6.45) is 3.38. The number of methoxy groups -OCH3 is 1. The molecule has 0 saturated heterocycles. The Morgan fingerprint density at radius 1 is 1.47 bits per heavy atom. The molecule has 5 heteroatoms. The highest BCUT2D eigenvalue weighted by atomic mass is 35.5. The highest BCUT2D eigenvalue weighted by Gasteiger charge is 2.16. The van der Waals surface area contributed by atoms with E-state index in [1.807, 2.05) is 14.0 Å². The number of aryl methyl sites for hydroxylation is 2. The zero-order chi connectivity index (χ0) is 14.3. The topological polar surface area (TPSA) is 39.1 Å². The molecule has 0 aliphatic heterocycles. The van der Waals surface area contributed by atoms with Crippen LogP contribution < -0.4 is 5.32 Å². The van der Waals surface area contributed by atoms with E-state index in [9.17, 15) is 0 Å². The van der Waals surface area contributed by atoms with Crippen molar-refractivity contribution in [1.82, 2.24) is 15.1 Å². The molecule has 0 fully saturated rings. The first-order valence-electron chi connectivity index (χ1n) is 6.97. The van der Waals surface area contributed by atoms with Gasteiger partial charge in [0.05, 0.1) is 12.3 Å². The molecule has 1 unspecified atom stereocenters. The van der Waals surface area contributed by atoms with Crippen LogP contribution in [0.1, 0.15) is 31.0 Å². The van der Waals surface area contributed by atoms with Gasteiger partial charge in [0, 0.05) is 26.3 Å². The Bertz CT molecular complexity index is 379. The summed E-state index contributed by atoms with van der Waals surface area (Å²) in [5, 5.41) is 8.59. The summed E-state index contributed by atoms with van der Waals surface area (Å²) < 4.78 is 6.80. The van der Waals surface area contributed by atoms with Gasteiger partial charge in [-0.05, 0) is 32.2 Å². The number of nitrogens with zero attached hydrogens (tertiary/aromatic N) is 2. The number of rotatable bonds is 9. The van der Waals surface area contributed by atoms with E-state index < -0.39 is 0 Å². The fourth-order valence-electron chi connectivity index (χ4n) is 2.36. The van der Waals surface area contributed by atoms with Crippen molar-refractivity contribution < 1.29 is 4.74 Å². The molecule has 1 rings (SSSR count). The second kappa shape index (κ2) is 8.56. The van der Waals surface area contributed by atoms with Crippen LogP contribution in [0.5, 0.6) is 0 Å². The van der Waals surface area contributed by atoms with E-state index in [0.29, 0.717) is 5.92 Å². The van der Waals surface area contributed by atoms with E-state index in [1.165, 1.54) is 18.4 Å². The molecule has 0 bridgehead atoms. The second-order valence-corrected chi connectivity index (χ2v) is 5.39. The molecule has 1 aromatic rings. The van der Waals surface area contributed by atoms with Crippen LogP contribution in [0.3, 0.4) is 0 Å². The number of nitrogens with one attached hydrogen (secondary N) is 1. The van der Waals surface area contributed by atoms with Crippen molar-refractivity contribution in [3.05, 3.63) is 16.4 Å². The van der Waals surface area contributed by atoms with Crippen molar-refractivity contribution in [2.45, 2.75) is 33.1 Å². The molecular formula is C14H26ClN3O. The first-order valence-corrected chi connectivity index (χ1v) is 7.35. The molecule has 4 nitrogen and oxygen atoms in total. The zero-order valence-electron chi connectivity index (χ0n) is 12.5. The van der Waals surface area contributed by atoms with E-state index in [1.54, 1.807) is 11.8 Å². The summed E-state index contributed by atoms with van der Waals surface area (Å²) in [6.45, 7) is 6.91. The van der Waals surface area contributed by atoms with E-state index in [2.05, 4.69) is 17.3 Å². The smallest absolute Gasteiger partial charge is 0.130 e. The van der Waals surface area contributed by atoms with Gasteiger partial charge in [0.25, 0.3) is 0 Å². The third-order valence-electron chi connectivity index (χ3n) is 3.38. The highest BCUT2D eigenvalue weighted by molar-refractivity contribution is 6.30. The Morgan fingerprint density at radius 3 is 2.74 bits per heavy atom. The van der Waals surface area contributed by atoms with Gasteiger partial charge in [0.15, 0.2) is 0 Å². The summed E-state index contributed by atoms with van der Waals surface area (Å²) >= 11 is 6.30. The molecule has 0 aromatic carbocycles. The largest absolute Gasteiger partial charge is 0.383 e. The van der Waals surface area contributed by atoms with Gasteiger partial charge in [-0.2, -0.15) is 5.10 Å². The van der Waals surface area contributed by atoms with Gasteiger partial charge in [-0.15, -0.1) is 0 Å². The monoisotopic (exact) mass is 287 g/mol. The lowest BCUT2D eigenvalue weighted by Crippen LogP contribution is -2.27.